The quantitative estimate of drug-likeness (QED) is 0.660. The van der Waals surface area contributed by atoms with Gasteiger partial charge in [0.05, 0.1) is 15.5 Å². The van der Waals surface area contributed by atoms with Crippen molar-refractivity contribution in [2.45, 2.75) is 25.3 Å². The van der Waals surface area contributed by atoms with Gasteiger partial charge in [-0.3, -0.25) is 4.79 Å². The van der Waals surface area contributed by atoms with E-state index in [2.05, 4.69) is 0 Å². The fourth-order valence-electron chi connectivity index (χ4n) is 2.73. The number of amides is 1. The summed E-state index contributed by atoms with van der Waals surface area (Å²) >= 11 is 12.2. The summed E-state index contributed by atoms with van der Waals surface area (Å²) in [7, 11) is -2.05. The zero-order valence-corrected chi connectivity index (χ0v) is 17.8. The minimum Gasteiger partial charge on any atom is -0.337 e. The fraction of sp³-hybridized carbons (Fsp3) is 0.316. The Bertz CT molecular complexity index is 928. The second-order valence-electron chi connectivity index (χ2n) is 6.02. The van der Waals surface area contributed by atoms with Crippen LogP contribution in [-0.2, 0) is 16.6 Å². The maximum atomic E-state index is 12.8. The van der Waals surface area contributed by atoms with Crippen LogP contribution in [0.25, 0.3) is 0 Å². The van der Waals surface area contributed by atoms with Crippen LogP contribution in [0.5, 0.6) is 0 Å². The zero-order valence-electron chi connectivity index (χ0n) is 15.4. The number of halogens is 2. The predicted octanol–water partition coefficient (Wildman–Crippen LogP) is 4.30. The van der Waals surface area contributed by atoms with E-state index in [9.17, 15) is 13.2 Å². The molecule has 0 aliphatic heterocycles. The molecular formula is C19H22Cl2N2O3S. The monoisotopic (exact) mass is 428 g/mol. The molecule has 0 spiro atoms. The maximum Gasteiger partial charge on any atom is 0.255 e. The van der Waals surface area contributed by atoms with Gasteiger partial charge >= 0.3 is 0 Å². The number of nitrogens with zero attached hydrogens (tertiary/aromatic N) is 2. The summed E-state index contributed by atoms with van der Waals surface area (Å²) < 4.78 is 26.8. The Hall–Kier alpha value is -1.60. The van der Waals surface area contributed by atoms with Crippen LogP contribution in [0.4, 0.5) is 0 Å². The van der Waals surface area contributed by atoms with Crippen LogP contribution >= 0.6 is 23.2 Å². The number of hydrogen-bond donors (Lipinski definition) is 0. The molecule has 0 fully saturated rings. The molecule has 1 amide bonds. The Morgan fingerprint density at radius 3 is 2.30 bits per heavy atom. The average molecular weight is 429 g/mol. The molecule has 27 heavy (non-hydrogen) atoms. The van der Waals surface area contributed by atoms with Crippen LogP contribution in [0.1, 0.15) is 29.8 Å². The van der Waals surface area contributed by atoms with Gasteiger partial charge in [-0.2, -0.15) is 4.31 Å². The first-order valence-corrected chi connectivity index (χ1v) is 10.7. The number of rotatable bonds is 7. The van der Waals surface area contributed by atoms with Crippen molar-refractivity contribution in [3.8, 4) is 0 Å². The van der Waals surface area contributed by atoms with Crippen molar-refractivity contribution >= 4 is 39.1 Å². The molecular weight excluding hydrogens is 407 g/mol. The normalized spacial score (nSPS) is 11.6. The van der Waals surface area contributed by atoms with E-state index < -0.39 is 10.0 Å². The summed E-state index contributed by atoms with van der Waals surface area (Å²) in [6.07, 6.45) is 0. The Morgan fingerprint density at radius 2 is 1.70 bits per heavy atom. The molecule has 2 aromatic carbocycles. The molecule has 2 rings (SSSR count). The topological polar surface area (TPSA) is 57.7 Å². The van der Waals surface area contributed by atoms with Crippen LogP contribution in [0.15, 0.2) is 47.4 Å². The van der Waals surface area contributed by atoms with E-state index in [-0.39, 0.29) is 21.4 Å². The summed E-state index contributed by atoms with van der Waals surface area (Å²) in [6.45, 7) is 4.55. The van der Waals surface area contributed by atoms with E-state index in [1.165, 1.54) is 27.4 Å². The van der Waals surface area contributed by atoms with Crippen molar-refractivity contribution < 1.29 is 13.2 Å². The molecule has 0 aliphatic rings. The second-order valence-corrected chi connectivity index (χ2v) is 8.80. The van der Waals surface area contributed by atoms with E-state index in [1.54, 1.807) is 39.1 Å². The SMILES string of the molecule is CCN(CC)S(=O)(=O)c1ccc(Cl)c(C(=O)N(C)Cc2cccc(Cl)c2)c1. The van der Waals surface area contributed by atoms with Crippen molar-refractivity contribution in [3.05, 3.63) is 63.6 Å². The van der Waals surface area contributed by atoms with E-state index in [4.69, 9.17) is 23.2 Å². The summed E-state index contributed by atoms with van der Waals surface area (Å²) in [6, 6.07) is 11.4. The van der Waals surface area contributed by atoms with Crippen molar-refractivity contribution in [3.63, 3.8) is 0 Å². The van der Waals surface area contributed by atoms with Crippen LogP contribution < -0.4 is 0 Å². The van der Waals surface area contributed by atoms with Crippen LogP contribution in [0.2, 0.25) is 10.0 Å². The molecule has 0 aromatic heterocycles. The molecule has 0 saturated heterocycles. The third kappa shape index (κ3) is 5.02. The molecule has 0 heterocycles. The number of sulfonamides is 1. The van der Waals surface area contributed by atoms with Crippen molar-refractivity contribution in [1.29, 1.82) is 0 Å². The van der Waals surface area contributed by atoms with Gasteiger partial charge in [-0.25, -0.2) is 8.42 Å². The fourth-order valence-corrected chi connectivity index (χ4v) is 4.62. The van der Waals surface area contributed by atoms with E-state index in [0.29, 0.717) is 24.7 Å². The molecule has 0 bridgehead atoms. The highest BCUT2D eigenvalue weighted by Gasteiger charge is 2.24. The first-order chi connectivity index (χ1) is 12.7. The lowest BCUT2D eigenvalue weighted by Crippen LogP contribution is -2.31. The van der Waals surface area contributed by atoms with Crippen molar-refractivity contribution in [2.24, 2.45) is 0 Å². The highest BCUT2D eigenvalue weighted by atomic mass is 35.5. The Labute approximate surface area is 170 Å². The van der Waals surface area contributed by atoms with E-state index in [0.717, 1.165) is 5.56 Å². The Balaban J connectivity index is 2.33. The third-order valence-corrected chi connectivity index (χ3v) is 6.78. The molecule has 8 heteroatoms. The number of carbonyl (C=O) groups is 1. The van der Waals surface area contributed by atoms with Gasteiger partial charge in [0.25, 0.3) is 5.91 Å². The summed E-state index contributed by atoms with van der Waals surface area (Å²) in [5, 5.41) is 0.787. The number of carbonyl (C=O) groups excluding carboxylic acids is 1. The molecule has 2 aromatic rings. The predicted molar refractivity (Wildman–Crippen MR) is 109 cm³/mol. The first-order valence-electron chi connectivity index (χ1n) is 8.50. The van der Waals surface area contributed by atoms with E-state index >= 15 is 0 Å². The molecule has 0 atom stereocenters. The zero-order chi connectivity index (χ0) is 20.2. The number of benzene rings is 2. The minimum absolute atomic E-state index is 0.0510. The van der Waals surface area contributed by atoms with Gasteiger partial charge in [-0.1, -0.05) is 49.2 Å². The third-order valence-electron chi connectivity index (χ3n) is 4.17. The highest BCUT2D eigenvalue weighted by molar-refractivity contribution is 7.89. The summed E-state index contributed by atoms with van der Waals surface area (Å²) in [5.41, 5.74) is 1.01. The Kier molecular flexibility index (Phi) is 7.28. The molecule has 0 radical (unpaired) electrons. The van der Waals surface area contributed by atoms with Gasteiger partial charge in [0, 0.05) is 31.7 Å². The highest BCUT2D eigenvalue weighted by Crippen LogP contribution is 2.24. The standard InChI is InChI=1S/C19H22Cl2N2O3S/c1-4-23(5-2)27(25,26)16-9-10-18(21)17(12-16)19(24)22(3)13-14-7-6-8-15(20)11-14/h6-12H,4-5,13H2,1-3H3. The molecule has 146 valence electrons. The van der Waals surface area contributed by atoms with Crippen LogP contribution in [0.3, 0.4) is 0 Å². The van der Waals surface area contributed by atoms with Gasteiger partial charge in [-0.05, 0) is 35.9 Å². The molecule has 0 aliphatic carbocycles. The van der Waals surface area contributed by atoms with Crippen molar-refractivity contribution in [1.82, 2.24) is 9.21 Å². The summed E-state index contributed by atoms with van der Waals surface area (Å²) in [5.74, 6) is -0.364. The molecule has 0 saturated carbocycles. The van der Waals surface area contributed by atoms with Gasteiger partial charge < -0.3 is 4.90 Å². The Morgan fingerprint density at radius 1 is 1.04 bits per heavy atom. The summed E-state index contributed by atoms with van der Waals surface area (Å²) in [4.78, 5) is 14.4. The van der Waals surface area contributed by atoms with Crippen LogP contribution in [-0.4, -0.2) is 43.7 Å². The lowest BCUT2D eigenvalue weighted by molar-refractivity contribution is 0.0785. The van der Waals surface area contributed by atoms with Gasteiger partial charge in [0.2, 0.25) is 10.0 Å². The molecule has 5 nitrogen and oxygen atoms in total. The lowest BCUT2D eigenvalue weighted by atomic mass is 10.1. The largest absolute Gasteiger partial charge is 0.337 e. The van der Waals surface area contributed by atoms with Crippen molar-refractivity contribution in [2.75, 3.05) is 20.1 Å². The first kappa shape index (κ1) is 21.7. The maximum absolute atomic E-state index is 12.8. The van der Waals surface area contributed by atoms with Gasteiger partial charge in [0.1, 0.15) is 0 Å². The second kappa shape index (κ2) is 9.06. The van der Waals surface area contributed by atoms with Gasteiger partial charge in [0.15, 0.2) is 0 Å². The smallest absolute Gasteiger partial charge is 0.255 e. The van der Waals surface area contributed by atoms with E-state index in [1.807, 2.05) is 6.07 Å². The molecule has 0 unspecified atom stereocenters. The average Bonchev–Trinajstić information content (AvgIpc) is 2.62. The number of hydrogen-bond acceptors (Lipinski definition) is 3. The minimum atomic E-state index is -3.68. The molecule has 0 N–H and O–H groups in total. The van der Waals surface area contributed by atoms with Gasteiger partial charge in [-0.15, -0.1) is 0 Å². The van der Waals surface area contributed by atoms with Crippen LogP contribution in [0, 0.1) is 0 Å². The lowest BCUT2D eigenvalue weighted by Gasteiger charge is -2.21.